The van der Waals surface area contributed by atoms with Crippen molar-refractivity contribution in [2.24, 2.45) is 0 Å². The molecular formula is C13H11ClFNO. The molecule has 0 radical (unpaired) electrons. The van der Waals surface area contributed by atoms with Crippen LogP contribution in [-0.2, 0) is 6.61 Å². The Labute approximate surface area is 104 Å². The zero-order chi connectivity index (χ0) is 12.3. The van der Waals surface area contributed by atoms with Crippen molar-refractivity contribution in [2.75, 3.05) is 0 Å². The molecule has 1 aromatic heterocycles. The summed E-state index contributed by atoms with van der Waals surface area (Å²) in [5, 5.41) is 0.432. The Hall–Kier alpha value is -1.61. The summed E-state index contributed by atoms with van der Waals surface area (Å²) in [7, 11) is 0. The van der Waals surface area contributed by atoms with Gasteiger partial charge in [0.2, 0.25) is 0 Å². The first-order valence-electron chi connectivity index (χ1n) is 5.14. The molecule has 1 heterocycles. The van der Waals surface area contributed by atoms with E-state index in [1.54, 1.807) is 25.3 Å². The summed E-state index contributed by atoms with van der Waals surface area (Å²) in [4.78, 5) is 3.88. The van der Waals surface area contributed by atoms with Crippen LogP contribution in [0.3, 0.4) is 0 Å². The molecule has 0 amide bonds. The van der Waals surface area contributed by atoms with Crippen molar-refractivity contribution in [3.63, 3.8) is 0 Å². The van der Waals surface area contributed by atoms with E-state index in [1.165, 1.54) is 12.1 Å². The standard InChI is InChI=1S/C13H11ClFNO/c1-9-6-11(15)2-3-12(9)17-8-10-4-5-16-13(14)7-10/h2-7H,8H2,1H3. The van der Waals surface area contributed by atoms with E-state index in [9.17, 15) is 4.39 Å². The van der Waals surface area contributed by atoms with Crippen molar-refractivity contribution < 1.29 is 9.13 Å². The second kappa shape index (κ2) is 5.15. The van der Waals surface area contributed by atoms with Crippen LogP contribution in [0.2, 0.25) is 5.15 Å². The van der Waals surface area contributed by atoms with Gasteiger partial charge in [-0.05, 0) is 48.4 Å². The van der Waals surface area contributed by atoms with Crippen LogP contribution < -0.4 is 4.74 Å². The number of hydrogen-bond donors (Lipinski definition) is 0. The fraction of sp³-hybridized carbons (Fsp3) is 0.154. The van der Waals surface area contributed by atoms with Gasteiger partial charge in [-0.3, -0.25) is 0 Å². The summed E-state index contributed by atoms with van der Waals surface area (Å²) in [5.41, 5.74) is 1.69. The number of ether oxygens (including phenoxy) is 1. The van der Waals surface area contributed by atoms with Gasteiger partial charge in [0.1, 0.15) is 23.3 Å². The molecule has 2 nitrogen and oxygen atoms in total. The van der Waals surface area contributed by atoms with Crippen molar-refractivity contribution in [1.82, 2.24) is 4.98 Å². The van der Waals surface area contributed by atoms with E-state index in [-0.39, 0.29) is 5.82 Å². The quantitative estimate of drug-likeness (QED) is 0.775. The number of hydrogen-bond acceptors (Lipinski definition) is 2. The van der Waals surface area contributed by atoms with E-state index in [1.807, 2.05) is 6.07 Å². The second-order valence-electron chi connectivity index (χ2n) is 3.69. The van der Waals surface area contributed by atoms with Crippen LogP contribution in [0.15, 0.2) is 36.5 Å². The Morgan fingerprint density at radius 3 is 2.82 bits per heavy atom. The van der Waals surface area contributed by atoms with E-state index in [0.29, 0.717) is 17.5 Å². The minimum atomic E-state index is -0.262. The summed E-state index contributed by atoms with van der Waals surface area (Å²) in [6, 6.07) is 8.00. The zero-order valence-electron chi connectivity index (χ0n) is 9.28. The number of nitrogens with zero attached hydrogens (tertiary/aromatic N) is 1. The Balaban J connectivity index is 2.07. The minimum absolute atomic E-state index is 0.262. The highest BCUT2D eigenvalue weighted by molar-refractivity contribution is 6.29. The SMILES string of the molecule is Cc1cc(F)ccc1OCc1ccnc(Cl)c1. The number of benzene rings is 1. The molecule has 88 valence electrons. The normalized spacial score (nSPS) is 10.3. The highest BCUT2D eigenvalue weighted by atomic mass is 35.5. The van der Waals surface area contributed by atoms with Gasteiger partial charge in [0.15, 0.2) is 0 Å². The van der Waals surface area contributed by atoms with E-state index in [2.05, 4.69) is 4.98 Å². The van der Waals surface area contributed by atoms with E-state index < -0.39 is 0 Å². The van der Waals surface area contributed by atoms with Gasteiger partial charge in [-0.2, -0.15) is 0 Å². The van der Waals surface area contributed by atoms with Gasteiger partial charge in [-0.1, -0.05) is 11.6 Å². The highest BCUT2D eigenvalue weighted by Gasteiger charge is 2.02. The average molecular weight is 252 g/mol. The molecule has 0 aliphatic heterocycles. The Morgan fingerprint density at radius 1 is 1.29 bits per heavy atom. The molecule has 1 aromatic carbocycles. The molecule has 2 rings (SSSR count). The van der Waals surface area contributed by atoms with Crippen molar-refractivity contribution >= 4 is 11.6 Å². The molecule has 0 atom stereocenters. The molecule has 0 spiro atoms. The number of halogens is 2. The number of pyridine rings is 1. The lowest BCUT2D eigenvalue weighted by Crippen LogP contribution is -1.97. The van der Waals surface area contributed by atoms with Gasteiger partial charge < -0.3 is 4.74 Å². The van der Waals surface area contributed by atoms with Crippen LogP contribution >= 0.6 is 11.6 Å². The third-order valence-electron chi connectivity index (χ3n) is 2.32. The molecular weight excluding hydrogens is 241 g/mol. The molecule has 4 heteroatoms. The van der Waals surface area contributed by atoms with E-state index >= 15 is 0 Å². The smallest absolute Gasteiger partial charge is 0.129 e. The summed E-state index contributed by atoms with van der Waals surface area (Å²) in [6.07, 6.45) is 1.62. The van der Waals surface area contributed by atoms with Crippen LogP contribution in [0.5, 0.6) is 5.75 Å². The molecule has 0 saturated heterocycles. The first-order valence-corrected chi connectivity index (χ1v) is 5.52. The average Bonchev–Trinajstić information content (AvgIpc) is 2.28. The van der Waals surface area contributed by atoms with Crippen molar-refractivity contribution in [1.29, 1.82) is 0 Å². The Bertz CT molecular complexity index is 531. The van der Waals surface area contributed by atoms with E-state index in [0.717, 1.165) is 11.1 Å². The fourth-order valence-corrected chi connectivity index (χ4v) is 1.66. The van der Waals surface area contributed by atoms with Gasteiger partial charge in [0.25, 0.3) is 0 Å². The Morgan fingerprint density at radius 2 is 2.12 bits per heavy atom. The maximum Gasteiger partial charge on any atom is 0.129 e. The predicted molar refractivity (Wildman–Crippen MR) is 64.7 cm³/mol. The monoisotopic (exact) mass is 251 g/mol. The lowest BCUT2D eigenvalue weighted by molar-refractivity contribution is 0.303. The van der Waals surface area contributed by atoms with Crippen LogP contribution in [0, 0.1) is 12.7 Å². The molecule has 0 saturated carbocycles. The summed E-state index contributed by atoms with van der Waals surface area (Å²) >= 11 is 5.76. The third kappa shape index (κ3) is 3.17. The number of rotatable bonds is 3. The number of aromatic nitrogens is 1. The van der Waals surface area contributed by atoms with Gasteiger partial charge in [-0.25, -0.2) is 9.37 Å². The van der Waals surface area contributed by atoms with Crippen LogP contribution in [-0.4, -0.2) is 4.98 Å². The molecule has 2 aromatic rings. The summed E-state index contributed by atoms with van der Waals surface area (Å²) in [5.74, 6) is 0.404. The maximum absolute atomic E-state index is 12.9. The first kappa shape index (κ1) is 11.9. The number of aryl methyl sites for hydroxylation is 1. The first-order chi connectivity index (χ1) is 8.15. The van der Waals surface area contributed by atoms with Crippen molar-refractivity contribution in [3.8, 4) is 5.75 Å². The molecule has 17 heavy (non-hydrogen) atoms. The van der Waals surface area contributed by atoms with Crippen LogP contribution in [0.25, 0.3) is 0 Å². The van der Waals surface area contributed by atoms with Crippen LogP contribution in [0.1, 0.15) is 11.1 Å². The molecule has 0 aliphatic carbocycles. The lowest BCUT2D eigenvalue weighted by Gasteiger charge is -2.09. The van der Waals surface area contributed by atoms with Crippen molar-refractivity contribution in [3.05, 3.63) is 58.6 Å². The molecule has 0 aliphatic rings. The van der Waals surface area contributed by atoms with Gasteiger partial charge in [-0.15, -0.1) is 0 Å². The highest BCUT2D eigenvalue weighted by Crippen LogP contribution is 2.20. The zero-order valence-corrected chi connectivity index (χ0v) is 10.0. The molecule has 0 bridgehead atoms. The van der Waals surface area contributed by atoms with Gasteiger partial charge in [0, 0.05) is 6.20 Å². The van der Waals surface area contributed by atoms with Crippen LogP contribution in [0.4, 0.5) is 4.39 Å². The van der Waals surface area contributed by atoms with E-state index in [4.69, 9.17) is 16.3 Å². The lowest BCUT2D eigenvalue weighted by atomic mass is 10.2. The summed E-state index contributed by atoms with van der Waals surface area (Å²) in [6.45, 7) is 2.19. The molecule has 0 unspecified atom stereocenters. The Kier molecular flexibility index (Phi) is 3.59. The maximum atomic E-state index is 12.9. The second-order valence-corrected chi connectivity index (χ2v) is 4.07. The molecule has 0 fully saturated rings. The minimum Gasteiger partial charge on any atom is -0.489 e. The van der Waals surface area contributed by atoms with Gasteiger partial charge >= 0.3 is 0 Å². The third-order valence-corrected chi connectivity index (χ3v) is 2.53. The predicted octanol–water partition coefficient (Wildman–Crippen LogP) is 3.76. The van der Waals surface area contributed by atoms with Crippen molar-refractivity contribution in [2.45, 2.75) is 13.5 Å². The topological polar surface area (TPSA) is 22.1 Å². The van der Waals surface area contributed by atoms with Gasteiger partial charge in [0.05, 0.1) is 0 Å². The fourth-order valence-electron chi connectivity index (χ4n) is 1.47. The molecule has 0 N–H and O–H groups in total. The largest absolute Gasteiger partial charge is 0.489 e. The summed E-state index contributed by atoms with van der Waals surface area (Å²) < 4.78 is 18.5.